The molecule has 0 aliphatic rings. The molecule has 0 bridgehead atoms. The van der Waals surface area contributed by atoms with E-state index in [1.165, 1.54) is 0 Å². The first-order chi connectivity index (χ1) is 3.83. The molecule has 0 spiro atoms. The van der Waals surface area contributed by atoms with E-state index in [1.807, 2.05) is 0 Å². The average molecular weight is 203 g/mol. The minimum Gasteiger partial charge on any atom is -1.00 e. The van der Waals surface area contributed by atoms with Crippen LogP contribution in [0.4, 0.5) is 4.39 Å². The van der Waals surface area contributed by atoms with Crippen LogP contribution in [0.1, 0.15) is 5.76 Å². The molecule has 1 rings (SSSR count). The second kappa shape index (κ2) is 4.30. The standard InChI is InChI=1S/C5H4FO.BrH.Mg/c6-4-5-2-1-3-7-5;;/h1-2H,4H2;1H;/q;;+1/p-1. The minimum absolute atomic E-state index is 0. The molecule has 0 unspecified atom stereocenters. The quantitative estimate of drug-likeness (QED) is 0.462. The summed E-state index contributed by atoms with van der Waals surface area (Å²) in [6.45, 7) is -0.502. The van der Waals surface area contributed by atoms with Gasteiger partial charge in [0.1, 0.15) is 0 Å². The molecule has 0 atom stereocenters. The van der Waals surface area contributed by atoms with E-state index in [9.17, 15) is 4.39 Å². The van der Waals surface area contributed by atoms with Gasteiger partial charge in [-0.15, -0.1) is 0 Å². The van der Waals surface area contributed by atoms with Crippen molar-refractivity contribution >= 4 is 25.6 Å². The van der Waals surface area contributed by atoms with Crippen LogP contribution in [0.15, 0.2) is 16.5 Å². The Morgan fingerprint density at radius 2 is 2.22 bits per heavy atom. The molecular formula is C5H4BrFMgO. The van der Waals surface area contributed by atoms with E-state index < -0.39 is 6.67 Å². The molecule has 0 fully saturated rings. The van der Waals surface area contributed by atoms with Crippen LogP contribution in [0.2, 0.25) is 0 Å². The van der Waals surface area contributed by atoms with E-state index in [2.05, 4.69) is 0 Å². The first-order valence-electron chi connectivity index (χ1n) is 2.29. The fourth-order valence-electron chi connectivity index (χ4n) is 0.494. The van der Waals surface area contributed by atoms with Gasteiger partial charge >= 0.3 is 59.0 Å². The summed E-state index contributed by atoms with van der Waals surface area (Å²) < 4.78 is 17.3. The van der Waals surface area contributed by atoms with Crippen molar-refractivity contribution in [3.63, 3.8) is 0 Å². The van der Waals surface area contributed by atoms with Crippen molar-refractivity contribution in [2.24, 2.45) is 0 Å². The maximum absolute atomic E-state index is 11.6. The van der Waals surface area contributed by atoms with Crippen LogP contribution in [0, 0.1) is 0 Å². The van der Waals surface area contributed by atoms with Gasteiger partial charge in [0.2, 0.25) is 0 Å². The predicted molar refractivity (Wildman–Crippen MR) is 28.9 cm³/mol. The smallest absolute Gasteiger partial charge is 1.00 e. The van der Waals surface area contributed by atoms with Gasteiger partial charge in [-0.2, -0.15) is 0 Å². The Labute approximate surface area is 75.8 Å². The summed E-state index contributed by atoms with van der Waals surface area (Å²) >= 11 is 1.61. The van der Waals surface area contributed by atoms with Crippen LogP contribution >= 0.6 is 0 Å². The van der Waals surface area contributed by atoms with Gasteiger partial charge in [0.05, 0.1) is 0 Å². The number of hydrogen-bond acceptors (Lipinski definition) is 1. The van der Waals surface area contributed by atoms with Crippen LogP contribution in [-0.4, -0.2) is 21.7 Å². The molecule has 0 saturated carbocycles. The van der Waals surface area contributed by atoms with Gasteiger partial charge in [-0.1, -0.05) is 0 Å². The third-order valence-electron chi connectivity index (χ3n) is 0.849. The Bertz CT molecular complexity index is 177. The molecule has 4 heteroatoms. The fourth-order valence-corrected chi connectivity index (χ4v) is 0.797. The maximum Gasteiger partial charge on any atom is -1.00 e. The van der Waals surface area contributed by atoms with Crippen molar-refractivity contribution in [3.8, 4) is 0 Å². The van der Waals surface area contributed by atoms with Crippen molar-refractivity contribution in [2.75, 3.05) is 0 Å². The van der Waals surface area contributed by atoms with Gasteiger partial charge in [-0.3, -0.25) is 0 Å². The van der Waals surface area contributed by atoms with Gasteiger partial charge in [-0.25, -0.2) is 0 Å². The third kappa shape index (κ3) is 2.69. The summed E-state index contributed by atoms with van der Waals surface area (Å²) in [7, 11) is 0. The Hall–Kier alpha value is 0.456. The molecule has 1 aromatic heterocycles. The SMILES string of the molecule is FCc1cc[c]([Mg+])o1.[Br-]. The van der Waals surface area contributed by atoms with Crippen molar-refractivity contribution in [2.45, 2.75) is 6.67 Å². The van der Waals surface area contributed by atoms with Crippen molar-refractivity contribution in [1.29, 1.82) is 0 Å². The molecule has 1 nitrogen and oxygen atoms in total. The second-order valence-corrected chi connectivity index (χ2v) is 2.20. The molecule has 0 aromatic carbocycles. The second-order valence-electron chi connectivity index (χ2n) is 1.50. The third-order valence-corrected chi connectivity index (χ3v) is 1.23. The van der Waals surface area contributed by atoms with E-state index in [-0.39, 0.29) is 17.0 Å². The normalized spacial score (nSPS) is 8.78. The first kappa shape index (κ1) is 9.46. The predicted octanol–water partition coefficient (Wildman–Crippen LogP) is -2.45. The number of furan rings is 1. The largest absolute Gasteiger partial charge is 1.00 e. The Morgan fingerprint density at radius 1 is 1.56 bits per heavy atom. The summed E-state index contributed by atoms with van der Waals surface area (Å²) in [5, 5.41) is 0. The van der Waals surface area contributed by atoms with Gasteiger partial charge in [0.25, 0.3) is 0 Å². The molecule has 0 N–H and O–H groups in total. The molecule has 0 radical (unpaired) electrons. The van der Waals surface area contributed by atoms with E-state index >= 15 is 0 Å². The van der Waals surface area contributed by atoms with Gasteiger partial charge in [-0.05, 0) is 0 Å². The van der Waals surface area contributed by atoms with E-state index in [1.54, 1.807) is 33.8 Å². The molecule has 9 heavy (non-hydrogen) atoms. The summed E-state index contributed by atoms with van der Waals surface area (Å²) in [6, 6.07) is 3.40. The molecule has 1 aromatic rings. The van der Waals surface area contributed by atoms with Crippen LogP contribution in [0.25, 0.3) is 0 Å². The molecule has 0 aliphatic heterocycles. The van der Waals surface area contributed by atoms with Gasteiger partial charge in [0, 0.05) is 0 Å². The number of rotatable bonds is 1. The minimum atomic E-state index is -0.502. The maximum atomic E-state index is 11.6. The van der Waals surface area contributed by atoms with Gasteiger partial charge in [0.15, 0.2) is 0 Å². The molecule has 1 heterocycles. The number of alkyl halides is 1. The molecule has 0 amide bonds. The molecule has 0 saturated heterocycles. The van der Waals surface area contributed by atoms with E-state index in [0.29, 0.717) is 5.76 Å². The van der Waals surface area contributed by atoms with Crippen LogP contribution in [-0.2, 0) is 6.67 Å². The zero-order chi connectivity index (χ0) is 5.98. The topological polar surface area (TPSA) is 13.1 Å². The number of halogens is 2. The fraction of sp³-hybridized carbons (Fsp3) is 0.200. The van der Waals surface area contributed by atoms with Gasteiger partial charge < -0.3 is 17.0 Å². The van der Waals surface area contributed by atoms with Crippen LogP contribution in [0.5, 0.6) is 0 Å². The molecular weight excluding hydrogens is 199 g/mol. The van der Waals surface area contributed by atoms with E-state index in [4.69, 9.17) is 4.42 Å². The van der Waals surface area contributed by atoms with Crippen molar-refractivity contribution in [1.82, 2.24) is 0 Å². The monoisotopic (exact) mass is 202 g/mol. The van der Waals surface area contributed by atoms with Crippen molar-refractivity contribution in [3.05, 3.63) is 17.9 Å². The zero-order valence-electron chi connectivity index (χ0n) is 4.73. The Kier molecular flexibility index (Phi) is 4.52. The Balaban J connectivity index is 0.000000640. The Morgan fingerprint density at radius 3 is 2.44 bits per heavy atom. The summed E-state index contributed by atoms with van der Waals surface area (Å²) in [5.41, 5.74) is 0. The first-order valence-corrected chi connectivity index (χ1v) is 3.00. The summed E-state index contributed by atoms with van der Waals surface area (Å²) in [6.07, 6.45) is 0. The zero-order valence-corrected chi connectivity index (χ0v) is 7.73. The average Bonchev–Trinajstić information content (AvgIpc) is 2.14. The summed E-state index contributed by atoms with van der Waals surface area (Å²) in [5.74, 6) is 0.412. The number of hydrogen-bond donors (Lipinski definition) is 0. The molecule has 46 valence electrons. The van der Waals surface area contributed by atoms with E-state index in [0.717, 1.165) is 3.89 Å². The van der Waals surface area contributed by atoms with Crippen LogP contribution < -0.4 is 20.9 Å². The van der Waals surface area contributed by atoms with Crippen molar-refractivity contribution < 1.29 is 25.8 Å². The molecule has 0 aliphatic carbocycles. The van der Waals surface area contributed by atoms with Crippen LogP contribution in [0.3, 0.4) is 0 Å². The summed E-state index contributed by atoms with van der Waals surface area (Å²) in [4.78, 5) is 0.